The van der Waals surface area contributed by atoms with Crippen molar-refractivity contribution in [3.8, 4) is 22.6 Å². The Hall–Kier alpha value is -4.82. The van der Waals surface area contributed by atoms with Gasteiger partial charge in [0.2, 0.25) is 5.95 Å². The van der Waals surface area contributed by atoms with E-state index in [9.17, 15) is 4.79 Å². The maximum atomic E-state index is 13.6. The third-order valence-corrected chi connectivity index (χ3v) is 6.92. The normalized spacial score (nSPS) is 11.4. The molecule has 0 radical (unpaired) electrons. The number of hydrogen-bond acceptors (Lipinski definition) is 6. The lowest BCUT2D eigenvalue weighted by atomic mass is 9.99. The first-order valence-corrected chi connectivity index (χ1v) is 12.2. The molecule has 7 aromatic rings. The fourth-order valence-electron chi connectivity index (χ4n) is 4.37. The van der Waals surface area contributed by atoms with Crippen LogP contribution in [0.4, 0.5) is 5.95 Å². The number of imidazole rings is 1. The van der Waals surface area contributed by atoms with E-state index in [1.54, 1.807) is 29.7 Å². The van der Waals surface area contributed by atoms with E-state index in [1.165, 1.54) is 0 Å². The molecule has 36 heavy (non-hydrogen) atoms. The number of anilines is 1. The molecular weight excluding hydrogens is 470 g/mol. The van der Waals surface area contributed by atoms with Crippen molar-refractivity contribution in [2.24, 2.45) is 0 Å². The van der Waals surface area contributed by atoms with Crippen molar-refractivity contribution in [2.45, 2.75) is 0 Å². The van der Waals surface area contributed by atoms with Gasteiger partial charge in [-0.2, -0.15) is 0 Å². The van der Waals surface area contributed by atoms with Crippen LogP contribution in [0.25, 0.3) is 54.7 Å². The predicted molar refractivity (Wildman–Crippen MR) is 142 cm³/mol. The number of aromatic nitrogens is 4. The van der Waals surface area contributed by atoms with Crippen LogP contribution in [0.5, 0.6) is 0 Å². The number of nitrogens with one attached hydrogen (secondary N) is 2. The second kappa shape index (κ2) is 8.14. The molecular formula is C28H17N5O2S. The number of furan rings is 1. The molecule has 0 bridgehead atoms. The van der Waals surface area contributed by atoms with Gasteiger partial charge in [-0.25, -0.2) is 15.0 Å². The average Bonchev–Trinajstić information content (AvgIpc) is 3.67. The Morgan fingerprint density at radius 2 is 1.75 bits per heavy atom. The Morgan fingerprint density at radius 1 is 0.861 bits per heavy atom. The summed E-state index contributed by atoms with van der Waals surface area (Å²) in [6.07, 6.45) is 1.59. The Labute approximate surface area is 208 Å². The number of rotatable bonds is 4. The first-order valence-electron chi connectivity index (χ1n) is 11.3. The molecule has 0 fully saturated rings. The number of para-hydroxylation sites is 2. The number of aromatic amines is 1. The van der Waals surface area contributed by atoms with Crippen molar-refractivity contribution < 1.29 is 9.21 Å². The van der Waals surface area contributed by atoms with E-state index in [-0.39, 0.29) is 5.91 Å². The lowest BCUT2D eigenvalue weighted by Crippen LogP contribution is -2.14. The molecule has 0 aliphatic carbocycles. The van der Waals surface area contributed by atoms with E-state index in [1.807, 2.05) is 54.0 Å². The summed E-state index contributed by atoms with van der Waals surface area (Å²) in [4.78, 5) is 30.4. The molecule has 7 nitrogen and oxygen atoms in total. The van der Waals surface area contributed by atoms with Gasteiger partial charge < -0.3 is 9.40 Å². The molecule has 0 spiro atoms. The maximum Gasteiger partial charge on any atom is 0.258 e. The fourth-order valence-corrected chi connectivity index (χ4v) is 5.03. The van der Waals surface area contributed by atoms with Crippen molar-refractivity contribution >= 4 is 55.3 Å². The fraction of sp³-hybridized carbons (Fsp3) is 0. The zero-order valence-corrected chi connectivity index (χ0v) is 19.5. The van der Waals surface area contributed by atoms with E-state index in [2.05, 4.69) is 38.5 Å². The van der Waals surface area contributed by atoms with Crippen LogP contribution in [0.15, 0.2) is 95.1 Å². The van der Waals surface area contributed by atoms with Crippen LogP contribution in [0.1, 0.15) is 10.4 Å². The van der Waals surface area contributed by atoms with Crippen LogP contribution in [0.2, 0.25) is 0 Å². The summed E-state index contributed by atoms with van der Waals surface area (Å²) in [5.41, 5.74) is 8.17. The minimum Gasteiger partial charge on any atom is -0.463 e. The standard InChI is InChI=1S/C28H17N5O2S/c34-27(33-28-31-21-4-1-2-5-22(21)32-28)19-14-23(25-6-3-11-35-25)30-20-9-7-16(12-18(19)20)17-8-10-26-24(13-17)29-15-36-26/h1-15H,(H2,31,32,33,34). The zero-order chi connectivity index (χ0) is 24.1. The van der Waals surface area contributed by atoms with Gasteiger partial charge in [-0.15, -0.1) is 11.3 Å². The molecule has 4 aromatic heterocycles. The van der Waals surface area contributed by atoms with Crippen LogP contribution in [0, 0.1) is 0 Å². The molecule has 0 saturated carbocycles. The summed E-state index contributed by atoms with van der Waals surface area (Å²) < 4.78 is 6.70. The van der Waals surface area contributed by atoms with Crippen molar-refractivity contribution in [3.05, 3.63) is 96.2 Å². The predicted octanol–water partition coefficient (Wildman–Crippen LogP) is 6.90. The maximum absolute atomic E-state index is 13.6. The number of carbonyl (C=O) groups excluding carboxylic acids is 1. The van der Waals surface area contributed by atoms with E-state index >= 15 is 0 Å². The van der Waals surface area contributed by atoms with E-state index < -0.39 is 0 Å². The Balaban J connectivity index is 1.36. The number of hydrogen-bond donors (Lipinski definition) is 2. The summed E-state index contributed by atoms with van der Waals surface area (Å²) in [5, 5.41) is 3.65. The number of thiazole rings is 1. The van der Waals surface area contributed by atoms with Crippen molar-refractivity contribution in [3.63, 3.8) is 0 Å². The Bertz CT molecular complexity index is 1870. The van der Waals surface area contributed by atoms with Gasteiger partial charge in [0.05, 0.1) is 44.1 Å². The summed E-state index contributed by atoms with van der Waals surface area (Å²) in [7, 11) is 0. The molecule has 0 aliphatic rings. The third kappa shape index (κ3) is 3.52. The van der Waals surface area contributed by atoms with Gasteiger partial charge in [0.1, 0.15) is 5.69 Å². The first kappa shape index (κ1) is 20.5. The Kier molecular flexibility index (Phi) is 4.65. The molecule has 2 N–H and O–H groups in total. The Morgan fingerprint density at radius 3 is 2.64 bits per heavy atom. The van der Waals surface area contributed by atoms with Crippen molar-refractivity contribution in [2.75, 3.05) is 5.32 Å². The average molecular weight is 488 g/mol. The van der Waals surface area contributed by atoms with Crippen LogP contribution in [0.3, 0.4) is 0 Å². The van der Waals surface area contributed by atoms with E-state index in [0.29, 0.717) is 28.5 Å². The molecule has 0 saturated heterocycles. The number of H-pyrrole nitrogens is 1. The molecule has 1 amide bonds. The lowest BCUT2D eigenvalue weighted by Gasteiger charge is -2.11. The first-order chi connectivity index (χ1) is 17.7. The highest BCUT2D eigenvalue weighted by Crippen LogP contribution is 2.31. The van der Waals surface area contributed by atoms with Crippen LogP contribution in [-0.4, -0.2) is 25.8 Å². The molecule has 8 heteroatoms. The molecule has 172 valence electrons. The summed E-state index contributed by atoms with van der Waals surface area (Å²) in [6, 6.07) is 25.2. The summed E-state index contributed by atoms with van der Waals surface area (Å²) in [5.74, 6) is 0.685. The van der Waals surface area contributed by atoms with Crippen molar-refractivity contribution in [1.29, 1.82) is 0 Å². The van der Waals surface area contributed by atoms with Gasteiger partial charge in [0.15, 0.2) is 5.76 Å². The zero-order valence-electron chi connectivity index (χ0n) is 18.7. The van der Waals surface area contributed by atoms with Crippen LogP contribution in [-0.2, 0) is 0 Å². The summed E-state index contributed by atoms with van der Waals surface area (Å²) in [6.45, 7) is 0. The van der Waals surface area contributed by atoms with Gasteiger partial charge in [-0.3, -0.25) is 10.1 Å². The molecule has 0 atom stereocenters. The SMILES string of the molecule is O=C(Nc1nc2ccccc2[nH]1)c1cc(-c2ccco2)nc2ccc(-c3ccc4scnc4c3)cc12. The molecule has 4 heterocycles. The minimum absolute atomic E-state index is 0.290. The van der Waals surface area contributed by atoms with Gasteiger partial charge in [0, 0.05) is 5.39 Å². The van der Waals surface area contributed by atoms with Gasteiger partial charge in [-0.1, -0.05) is 24.3 Å². The number of carbonyl (C=O) groups is 1. The third-order valence-electron chi connectivity index (χ3n) is 6.11. The molecule has 0 aliphatic heterocycles. The monoisotopic (exact) mass is 487 g/mol. The molecule has 0 unspecified atom stereocenters. The van der Waals surface area contributed by atoms with Gasteiger partial charge in [0.25, 0.3) is 5.91 Å². The van der Waals surface area contributed by atoms with Crippen LogP contribution >= 0.6 is 11.3 Å². The van der Waals surface area contributed by atoms with Crippen LogP contribution < -0.4 is 5.32 Å². The quantitative estimate of drug-likeness (QED) is 0.281. The summed E-state index contributed by atoms with van der Waals surface area (Å²) >= 11 is 1.61. The van der Waals surface area contributed by atoms with Gasteiger partial charge >= 0.3 is 0 Å². The smallest absolute Gasteiger partial charge is 0.258 e. The number of fused-ring (bicyclic) bond motifs is 3. The minimum atomic E-state index is -0.290. The topological polar surface area (TPSA) is 96.7 Å². The highest BCUT2D eigenvalue weighted by molar-refractivity contribution is 7.16. The molecule has 7 rings (SSSR count). The largest absolute Gasteiger partial charge is 0.463 e. The highest BCUT2D eigenvalue weighted by atomic mass is 32.1. The number of amides is 1. The second-order valence-electron chi connectivity index (χ2n) is 8.36. The van der Waals surface area contributed by atoms with E-state index in [4.69, 9.17) is 9.40 Å². The number of nitrogens with zero attached hydrogens (tertiary/aromatic N) is 3. The van der Waals surface area contributed by atoms with E-state index in [0.717, 1.165) is 37.8 Å². The lowest BCUT2D eigenvalue weighted by molar-refractivity contribution is 0.102. The number of pyridine rings is 1. The number of benzene rings is 3. The highest BCUT2D eigenvalue weighted by Gasteiger charge is 2.18. The van der Waals surface area contributed by atoms with Gasteiger partial charge in [-0.05, 0) is 65.7 Å². The van der Waals surface area contributed by atoms with Crippen molar-refractivity contribution in [1.82, 2.24) is 19.9 Å². The molecule has 3 aromatic carbocycles. The second-order valence-corrected chi connectivity index (χ2v) is 9.24.